The minimum Gasteiger partial charge on any atom is -0.466 e. The highest BCUT2D eigenvalue weighted by atomic mass is 16.5. The first-order valence-electron chi connectivity index (χ1n) is 9.92. The van der Waals surface area contributed by atoms with Crippen LogP contribution < -0.4 is 5.32 Å². The molecule has 2 fully saturated rings. The number of hydrogen-bond acceptors (Lipinski definition) is 7. The Balaban J connectivity index is 2.28. The minimum atomic E-state index is -1.32. The summed E-state index contributed by atoms with van der Waals surface area (Å²) in [6, 6.07) is 0. The van der Waals surface area contributed by atoms with E-state index in [2.05, 4.69) is 5.32 Å². The van der Waals surface area contributed by atoms with Crippen LogP contribution in [0.5, 0.6) is 0 Å². The predicted molar refractivity (Wildman–Crippen MR) is 100 cm³/mol. The van der Waals surface area contributed by atoms with Crippen LogP contribution in [0.1, 0.15) is 40.0 Å². The van der Waals surface area contributed by atoms with Crippen LogP contribution in [0.15, 0.2) is 0 Å². The van der Waals surface area contributed by atoms with Gasteiger partial charge in [-0.2, -0.15) is 0 Å². The number of likely N-dealkylation sites (N-methyl/N-ethyl adjacent to an activating group) is 1. The van der Waals surface area contributed by atoms with Gasteiger partial charge in [0.25, 0.3) is 5.91 Å². The monoisotopic (exact) mass is 383 g/mol. The molecule has 0 unspecified atom stereocenters. The van der Waals surface area contributed by atoms with Gasteiger partial charge in [0.15, 0.2) is 0 Å². The third kappa shape index (κ3) is 4.60. The topological polar surface area (TPSA) is 88.2 Å². The molecule has 0 saturated carbocycles. The summed E-state index contributed by atoms with van der Waals surface area (Å²) in [4.78, 5) is 42.0. The quantitative estimate of drug-likeness (QED) is 0.503. The van der Waals surface area contributed by atoms with Crippen LogP contribution in [0.3, 0.4) is 0 Å². The highest BCUT2D eigenvalue weighted by Crippen LogP contribution is 2.36. The molecule has 2 aliphatic rings. The molecular weight excluding hydrogens is 350 g/mol. The zero-order chi connectivity index (χ0) is 20.0. The average Bonchev–Trinajstić information content (AvgIpc) is 2.62. The first kappa shape index (κ1) is 21.6. The van der Waals surface area contributed by atoms with Crippen molar-refractivity contribution in [3.8, 4) is 0 Å². The van der Waals surface area contributed by atoms with Crippen molar-refractivity contribution in [1.29, 1.82) is 0 Å². The maximum Gasteiger partial charge on any atom is 0.336 e. The second-order valence-electron chi connectivity index (χ2n) is 7.51. The number of carbonyl (C=O) groups excluding carboxylic acids is 3. The molecule has 0 radical (unpaired) electrons. The van der Waals surface area contributed by atoms with Crippen molar-refractivity contribution < 1.29 is 23.9 Å². The van der Waals surface area contributed by atoms with Crippen molar-refractivity contribution in [1.82, 2.24) is 15.1 Å². The first-order chi connectivity index (χ1) is 12.8. The molecule has 2 rings (SSSR count). The summed E-state index contributed by atoms with van der Waals surface area (Å²) in [6.45, 7) is 8.49. The van der Waals surface area contributed by atoms with E-state index in [1.807, 2.05) is 11.9 Å². The smallest absolute Gasteiger partial charge is 0.336 e. The maximum atomic E-state index is 13.6. The highest BCUT2D eigenvalue weighted by Gasteiger charge is 2.59. The normalized spacial score (nSPS) is 24.9. The molecule has 1 amide bonds. The number of piperazine rings is 1. The number of ether oxygens (including phenoxy) is 2. The van der Waals surface area contributed by atoms with Crippen LogP contribution in [0, 0.1) is 5.92 Å². The fraction of sp³-hybridized carbons (Fsp3) is 0.842. The van der Waals surface area contributed by atoms with Crippen LogP contribution in [0.25, 0.3) is 0 Å². The van der Waals surface area contributed by atoms with Gasteiger partial charge in [-0.3, -0.25) is 14.5 Å². The molecule has 0 bridgehead atoms. The highest BCUT2D eigenvalue weighted by molar-refractivity contribution is 6.08. The lowest BCUT2D eigenvalue weighted by Gasteiger charge is -2.50. The summed E-state index contributed by atoms with van der Waals surface area (Å²) in [6.07, 6.45) is 1.29. The molecule has 0 aromatic rings. The second kappa shape index (κ2) is 9.50. The van der Waals surface area contributed by atoms with Gasteiger partial charge >= 0.3 is 11.9 Å². The Labute approximate surface area is 161 Å². The van der Waals surface area contributed by atoms with E-state index >= 15 is 0 Å². The molecule has 2 aliphatic heterocycles. The van der Waals surface area contributed by atoms with Crippen molar-refractivity contribution in [2.45, 2.75) is 51.7 Å². The van der Waals surface area contributed by atoms with Crippen molar-refractivity contribution in [3.05, 3.63) is 0 Å². The van der Waals surface area contributed by atoms with Crippen LogP contribution in [-0.2, 0) is 23.9 Å². The number of piperidine rings is 1. The van der Waals surface area contributed by atoms with Crippen LogP contribution in [0.4, 0.5) is 0 Å². The van der Waals surface area contributed by atoms with Crippen LogP contribution in [0.2, 0.25) is 0 Å². The number of carbonyl (C=O) groups is 3. The van der Waals surface area contributed by atoms with Crippen molar-refractivity contribution >= 4 is 17.8 Å². The maximum absolute atomic E-state index is 13.6. The molecule has 1 N–H and O–H groups in total. The summed E-state index contributed by atoms with van der Waals surface area (Å²) in [5, 5.41) is 3.29. The standard InChI is InChI=1S/C19H33N3O5/c1-5-26-16(23)8-11-22-13-12-21(4)19(17(22)24,18(25)27-14(2)3)15-6-9-20-10-7-15/h14-15,20H,5-13H2,1-4H3/t19-/m0/s1. The Bertz CT molecular complexity index is 547. The molecule has 2 saturated heterocycles. The summed E-state index contributed by atoms with van der Waals surface area (Å²) in [5.41, 5.74) is -1.32. The fourth-order valence-electron chi connectivity index (χ4n) is 4.07. The van der Waals surface area contributed by atoms with Crippen molar-refractivity contribution in [3.63, 3.8) is 0 Å². The molecule has 1 atom stereocenters. The Morgan fingerprint density at radius 2 is 1.93 bits per heavy atom. The van der Waals surface area contributed by atoms with E-state index in [1.54, 1.807) is 25.7 Å². The number of nitrogens with zero attached hydrogens (tertiary/aromatic N) is 2. The molecule has 8 nitrogen and oxygen atoms in total. The van der Waals surface area contributed by atoms with Gasteiger partial charge < -0.3 is 19.7 Å². The van der Waals surface area contributed by atoms with Crippen LogP contribution in [-0.4, -0.2) is 85.7 Å². The molecule has 8 heteroatoms. The third-order valence-electron chi connectivity index (χ3n) is 5.40. The third-order valence-corrected chi connectivity index (χ3v) is 5.40. The Kier molecular flexibility index (Phi) is 7.61. The Hall–Kier alpha value is -1.67. The van der Waals surface area contributed by atoms with E-state index in [0.29, 0.717) is 19.7 Å². The molecule has 0 spiro atoms. The molecule has 0 aromatic carbocycles. The largest absolute Gasteiger partial charge is 0.466 e. The van der Waals surface area contributed by atoms with E-state index in [1.165, 1.54) is 0 Å². The zero-order valence-corrected chi connectivity index (χ0v) is 17.0. The summed E-state index contributed by atoms with van der Waals surface area (Å²) < 4.78 is 10.5. The summed E-state index contributed by atoms with van der Waals surface area (Å²) in [7, 11) is 1.82. The zero-order valence-electron chi connectivity index (χ0n) is 17.0. The van der Waals surface area contributed by atoms with Gasteiger partial charge in [-0.15, -0.1) is 0 Å². The fourth-order valence-corrected chi connectivity index (χ4v) is 4.07. The first-order valence-corrected chi connectivity index (χ1v) is 9.92. The lowest BCUT2D eigenvalue weighted by molar-refractivity contribution is -0.181. The van der Waals surface area contributed by atoms with E-state index in [9.17, 15) is 14.4 Å². The van der Waals surface area contributed by atoms with E-state index in [0.717, 1.165) is 25.9 Å². The predicted octanol–water partition coefficient (Wildman–Crippen LogP) is 0.404. The molecule has 0 aromatic heterocycles. The van der Waals surface area contributed by atoms with Crippen molar-refractivity contribution in [2.75, 3.05) is 46.4 Å². The average molecular weight is 383 g/mol. The lowest BCUT2D eigenvalue weighted by Crippen LogP contribution is -2.73. The van der Waals surface area contributed by atoms with Gasteiger partial charge in [-0.05, 0) is 59.7 Å². The SMILES string of the molecule is CCOC(=O)CCN1CCN(C)[C@@](C(=O)OC(C)C)(C2CCNCC2)C1=O. The van der Waals surface area contributed by atoms with Crippen molar-refractivity contribution in [2.24, 2.45) is 5.92 Å². The Morgan fingerprint density at radius 1 is 1.26 bits per heavy atom. The number of nitrogens with one attached hydrogen (secondary N) is 1. The Morgan fingerprint density at radius 3 is 2.52 bits per heavy atom. The van der Waals surface area contributed by atoms with Gasteiger partial charge in [-0.1, -0.05) is 0 Å². The van der Waals surface area contributed by atoms with Gasteiger partial charge in [0.2, 0.25) is 5.54 Å². The molecule has 27 heavy (non-hydrogen) atoms. The second-order valence-corrected chi connectivity index (χ2v) is 7.51. The van der Waals surface area contributed by atoms with Gasteiger partial charge in [0, 0.05) is 19.6 Å². The van der Waals surface area contributed by atoms with Crippen LogP contribution >= 0.6 is 0 Å². The molecule has 2 heterocycles. The van der Waals surface area contributed by atoms with E-state index in [4.69, 9.17) is 9.47 Å². The number of esters is 2. The lowest BCUT2D eigenvalue weighted by atomic mass is 9.74. The summed E-state index contributed by atoms with van der Waals surface area (Å²) in [5.74, 6) is -1.18. The molecular formula is C19H33N3O5. The molecule has 154 valence electrons. The van der Waals surface area contributed by atoms with E-state index < -0.39 is 11.5 Å². The minimum absolute atomic E-state index is 0.118. The van der Waals surface area contributed by atoms with E-state index in [-0.39, 0.29) is 36.9 Å². The van der Waals surface area contributed by atoms with Gasteiger partial charge in [0.05, 0.1) is 19.1 Å². The van der Waals surface area contributed by atoms with Gasteiger partial charge in [-0.25, -0.2) is 4.79 Å². The number of rotatable bonds is 7. The number of hydrogen-bond donors (Lipinski definition) is 1. The van der Waals surface area contributed by atoms with Gasteiger partial charge in [0.1, 0.15) is 0 Å². The molecule has 0 aliphatic carbocycles. The number of amides is 1. The summed E-state index contributed by atoms with van der Waals surface area (Å²) >= 11 is 0.